The predicted molar refractivity (Wildman–Crippen MR) is 121 cm³/mol. The van der Waals surface area contributed by atoms with E-state index in [0.717, 1.165) is 50.4 Å². The zero-order chi connectivity index (χ0) is 20.5. The van der Waals surface area contributed by atoms with Gasteiger partial charge in [-0.05, 0) is 24.1 Å². The maximum absolute atomic E-state index is 12.5. The molecule has 4 aromatic carbocycles. The average Bonchev–Trinajstić information content (AvgIpc) is 2.79. The van der Waals surface area contributed by atoms with Gasteiger partial charge in [-0.15, -0.1) is 0 Å². The first-order chi connectivity index (χ1) is 14.8. The fourth-order valence-corrected chi connectivity index (χ4v) is 3.84. The maximum atomic E-state index is 12.5. The standard InChI is InChI=1S/C26H20N2O2/c1-2-10-22(29)30-26-19-14-7-6-13-18(19)24-25(23(26)17-11-4-3-5-12-17)28-21-16-9-8-15-20(21)27-24/h3-9,11-16H,2,10H2,1H3. The van der Waals surface area contributed by atoms with Gasteiger partial charge in [-0.25, -0.2) is 9.97 Å². The van der Waals surface area contributed by atoms with E-state index in [1.165, 1.54) is 0 Å². The molecular weight excluding hydrogens is 372 g/mol. The molecule has 4 heteroatoms. The molecule has 1 heterocycles. The second-order valence-corrected chi connectivity index (χ2v) is 7.25. The second kappa shape index (κ2) is 7.56. The van der Waals surface area contributed by atoms with Crippen LogP contribution < -0.4 is 4.74 Å². The van der Waals surface area contributed by atoms with Gasteiger partial charge in [0.05, 0.1) is 22.1 Å². The molecular formula is C26H20N2O2. The smallest absolute Gasteiger partial charge is 0.311 e. The molecule has 5 aromatic rings. The molecule has 0 aliphatic rings. The topological polar surface area (TPSA) is 52.1 Å². The highest BCUT2D eigenvalue weighted by Gasteiger charge is 2.21. The molecule has 30 heavy (non-hydrogen) atoms. The molecule has 0 saturated carbocycles. The zero-order valence-corrected chi connectivity index (χ0v) is 16.6. The van der Waals surface area contributed by atoms with Gasteiger partial charge in [-0.3, -0.25) is 4.79 Å². The van der Waals surface area contributed by atoms with E-state index >= 15 is 0 Å². The van der Waals surface area contributed by atoms with Crippen LogP contribution in [0, 0.1) is 0 Å². The zero-order valence-electron chi connectivity index (χ0n) is 16.6. The Bertz CT molecular complexity index is 1390. The van der Waals surface area contributed by atoms with Crippen molar-refractivity contribution in [1.82, 2.24) is 9.97 Å². The summed E-state index contributed by atoms with van der Waals surface area (Å²) in [5.74, 6) is 0.306. The number of para-hydroxylation sites is 2. The fraction of sp³-hybridized carbons (Fsp3) is 0.115. The first-order valence-electron chi connectivity index (χ1n) is 10.1. The van der Waals surface area contributed by atoms with Gasteiger partial charge < -0.3 is 4.74 Å². The summed E-state index contributed by atoms with van der Waals surface area (Å²) in [6, 6.07) is 25.7. The third kappa shape index (κ3) is 3.07. The van der Waals surface area contributed by atoms with Crippen molar-refractivity contribution in [3.05, 3.63) is 78.9 Å². The first-order valence-corrected chi connectivity index (χ1v) is 10.1. The number of nitrogens with zero attached hydrogens (tertiary/aromatic N) is 2. The van der Waals surface area contributed by atoms with Crippen LogP contribution in [0.25, 0.3) is 44.0 Å². The Hall–Kier alpha value is -3.79. The molecule has 0 aliphatic heterocycles. The van der Waals surface area contributed by atoms with Crippen LogP contribution >= 0.6 is 0 Å². The third-order valence-corrected chi connectivity index (χ3v) is 5.19. The van der Waals surface area contributed by atoms with Crippen LogP contribution in [0.1, 0.15) is 19.8 Å². The van der Waals surface area contributed by atoms with Gasteiger partial charge in [-0.2, -0.15) is 0 Å². The monoisotopic (exact) mass is 392 g/mol. The number of fused-ring (bicyclic) bond motifs is 4. The van der Waals surface area contributed by atoms with Crippen molar-refractivity contribution in [3.63, 3.8) is 0 Å². The number of hydrogen-bond donors (Lipinski definition) is 0. The van der Waals surface area contributed by atoms with E-state index in [-0.39, 0.29) is 5.97 Å². The van der Waals surface area contributed by atoms with Crippen molar-refractivity contribution in [2.24, 2.45) is 0 Å². The molecule has 4 nitrogen and oxygen atoms in total. The lowest BCUT2D eigenvalue weighted by molar-refractivity contribution is -0.134. The normalized spacial score (nSPS) is 11.2. The number of hydrogen-bond acceptors (Lipinski definition) is 4. The lowest BCUT2D eigenvalue weighted by Crippen LogP contribution is -2.09. The number of rotatable bonds is 4. The van der Waals surface area contributed by atoms with Crippen molar-refractivity contribution in [2.45, 2.75) is 19.8 Å². The van der Waals surface area contributed by atoms with Crippen LogP contribution in [0.2, 0.25) is 0 Å². The Morgan fingerprint density at radius 3 is 2.07 bits per heavy atom. The summed E-state index contributed by atoms with van der Waals surface area (Å²) in [4.78, 5) is 22.4. The van der Waals surface area contributed by atoms with Gasteiger partial charge in [-0.1, -0.05) is 73.7 Å². The summed E-state index contributed by atoms with van der Waals surface area (Å²) >= 11 is 0. The summed E-state index contributed by atoms with van der Waals surface area (Å²) < 4.78 is 5.97. The van der Waals surface area contributed by atoms with Crippen molar-refractivity contribution in [2.75, 3.05) is 0 Å². The highest BCUT2D eigenvalue weighted by molar-refractivity contribution is 6.16. The molecule has 0 radical (unpaired) electrons. The summed E-state index contributed by atoms with van der Waals surface area (Å²) in [5.41, 5.74) is 4.92. The van der Waals surface area contributed by atoms with Crippen LogP contribution in [0.4, 0.5) is 0 Å². The number of aromatic nitrogens is 2. The average molecular weight is 392 g/mol. The van der Waals surface area contributed by atoms with Gasteiger partial charge in [0.25, 0.3) is 0 Å². The van der Waals surface area contributed by atoms with Gasteiger partial charge in [0, 0.05) is 17.2 Å². The Balaban J connectivity index is 1.96. The molecule has 0 atom stereocenters. The predicted octanol–water partition coefficient (Wildman–Crippen LogP) is 6.31. The van der Waals surface area contributed by atoms with Gasteiger partial charge in [0.1, 0.15) is 11.3 Å². The Morgan fingerprint density at radius 2 is 1.37 bits per heavy atom. The van der Waals surface area contributed by atoms with Gasteiger partial charge >= 0.3 is 5.97 Å². The number of esters is 1. The van der Waals surface area contributed by atoms with Crippen LogP contribution in [0.5, 0.6) is 5.75 Å². The van der Waals surface area contributed by atoms with Crippen LogP contribution in [-0.2, 0) is 4.79 Å². The number of carbonyl (C=O) groups excluding carboxylic acids is 1. The molecule has 0 bridgehead atoms. The minimum atomic E-state index is -0.243. The number of carbonyl (C=O) groups is 1. The maximum Gasteiger partial charge on any atom is 0.311 e. The summed E-state index contributed by atoms with van der Waals surface area (Å²) in [5, 5.41) is 1.78. The Kier molecular flexibility index (Phi) is 4.60. The molecule has 0 aliphatic carbocycles. The summed E-state index contributed by atoms with van der Waals surface area (Å²) in [7, 11) is 0. The van der Waals surface area contributed by atoms with Crippen LogP contribution in [0.3, 0.4) is 0 Å². The largest absolute Gasteiger partial charge is 0.425 e. The Morgan fingerprint density at radius 1 is 0.767 bits per heavy atom. The number of benzene rings is 4. The highest BCUT2D eigenvalue weighted by Crippen LogP contribution is 2.43. The molecule has 1 aromatic heterocycles. The molecule has 5 rings (SSSR count). The van der Waals surface area contributed by atoms with Crippen molar-refractivity contribution in [3.8, 4) is 16.9 Å². The molecule has 0 saturated heterocycles. The number of ether oxygens (including phenoxy) is 1. The minimum absolute atomic E-state index is 0.243. The van der Waals surface area contributed by atoms with E-state index in [9.17, 15) is 4.79 Å². The highest BCUT2D eigenvalue weighted by atomic mass is 16.5. The van der Waals surface area contributed by atoms with Crippen LogP contribution in [0.15, 0.2) is 78.9 Å². The second-order valence-electron chi connectivity index (χ2n) is 7.25. The van der Waals surface area contributed by atoms with E-state index in [2.05, 4.69) is 0 Å². The molecule has 0 spiro atoms. The molecule has 0 unspecified atom stereocenters. The van der Waals surface area contributed by atoms with E-state index in [4.69, 9.17) is 14.7 Å². The molecule has 0 amide bonds. The third-order valence-electron chi connectivity index (χ3n) is 5.19. The van der Waals surface area contributed by atoms with E-state index in [1.807, 2.05) is 85.8 Å². The van der Waals surface area contributed by atoms with Crippen molar-refractivity contribution >= 4 is 38.8 Å². The lowest BCUT2D eigenvalue weighted by Gasteiger charge is -2.17. The van der Waals surface area contributed by atoms with Crippen molar-refractivity contribution in [1.29, 1.82) is 0 Å². The van der Waals surface area contributed by atoms with Gasteiger partial charge in [0.15, 0.2) is 0 Å². The quantitative estimate of drug-likeness (QED) is 0.156. The van der Waals surface area contributed by atoms with Gasteiger partial charge in [0.2, 0.25) is 0 Å². The summed E-state index contributed by atoms with van der Waals surface area (Å²) in [6.45, 7) is 1.97. The summed E-state index contributed by atoms with van der Waals surface area (Å²) in [6.07, 6.45) is 1.10. The van der Waals surface area contributed by atoms with Crippen LogP contribution in [-0.4, -0.2) is 15.9 Å². The lowest BCUT2D eigenvalue weighted by atomic mass is 9.96. The minimum Gasteiger partial charge on any atom is -0.425 e. The molecule has 0 fully saturated rings. The first kappa shape index (κ1) is 18.3. The molecule has 146 valence electrons. The van der Waals surface area contributed by atoms with E-state index in [1.54, 1.807) is 0 Å². The molecule has 0 N–H and O–H groups in total. The van der Waals surface area contributed by atoms with Crippen molar-refractivity contribution < 1.29 is 9.53 Å². The van der Waals surface area contributed by atoms with E-state index in [0.29, 0.717) is 12.2 Å². The van der Waals surface area contributed by atoms with E-state index < -0.39 is 0 Å². The fourth-order valence-electron chi connectivity index (χ4n) is 3.84. The Labute approximate surface area is 174 Å². The SMILES string of the molecule is CCCC(=O)Oc1c(-c2ccccc2)c2nc3ccccc3nc2c2ccccc12.